The number of likely N-dealkylation sites (N-methyl/N-ethyl adjacent to an activating group) is 1. The number of hydrogen-bond acceptors (Lipinski definition) is 2. The van der Waals surface area contributed by atoms with Crippen molar-refractivity contribution in [2.24, 2.45) is 0 Å². The van der Waals surface area contributed by atoms with Crippen LogP contribution in [0.15, 0.2) is 59.1 Å². The van der Waals surface area contributed by atoms with Gasteiger partial charge in [-0.3, -0.25) is 9.69 Å². The Hall–Kier alpha value is -1.17. The Kier molecular flexibility index (Phi) is 10.1. The van der Waals surface area contributed by atoms with E-state index in [1.807, 2.05) is 12.1 Å². The van der Waals surface area contributed by atoms with Crippen molar-refractivity contribution in [3.8, 4) is 0 Å². The fourth-order valence-corrected chi connectivity index (χ4v) is 5.40. The van der Waals surface area contributed by atoms with Gasteiger partial charge in [-0.15, -0.1) is 0 Å². The van der Waals surface area contributed by atoms with Crippen LogP contribution in [-0.4, -0.2) is 41.3 Å². The fourth-order valence-electron chi connectivity index (χ4n) is 4.79. The largest absolute Gasteiger partial charge is 0.308 e. The first-order valence-corrected chi connectivity index (χ1v) is 13.5. The average molecular weight is 550 g/mol. The molecule has 0 spiro atoms. The van der Waals surface area contributed by atoms with E-state index in [9.17, 15) is 4.79 Å². The molecule has 0 aromatic heterocycles. The number of anilines is 1. The van der Waals surface area contributed by atoms with E-state index in [1.165, 1.54) is 24.8 Å². The topological polar surface area (TPSA) is 23.6 Å². The van der Waals surface area contributed by atoms with E-state index in [-0.39, 0.29) is 11.9 Å². The second-order valence-electron chi connectivity index (χ2n) is 8.32. The van der Waals surface area contributed by atoms with E-state index in [1.54, 1.807) is 0 Å². The molecule has 31 heavy (non-hydrogen) atoms. The molecule has 3 rings (SSSR count). The Morgan fingerprint density at radius 1 is 0.968 bits per heavy atom. The van der Waals surface area contributed by atoms with Gasteiger partial charge in [0.2, 0.25) is 5.91 Å². The van der Waals surface area contributed by atoms with E-state index >= 15 is 0 Å². The van der Waals surface area contributed by atoms with Crippen molar-refractivity contribution >= 4 is 43.5 Å². The van der Waals surface area contributed by atoms with Crippen LogP contribution in [-0.2, 0) is 11.2 Å². The number of rotatable bonds is 9. The van der Waals surface area contributed by atoms with Gasteiger partial charge in [0.25, 0.3) is 0 Å². The van der Waals surface area contributed by atoms with Gasteiger partial charge in [0.05, 0.1) is 6.04 Å². The van der Waals surface area contributed by atoms with E-state index in [4.69, 9.17) is 0 Å². The molecule has 168 valence electrons. The second-order valence-corrected chi connectivity index (χ2v) is 10.0. The summed E-state index contributed by atoms with van der Waals surface area (Å²) < 4.78 is 1.04. The summed E-state index contributed by atoms with van der Waals surface area (Å²) in [5.41, 5.74) is 2.40. The van der Waals surface area contributed by atoms with Crippen LogP contribution in [0, 0.1) is 0 Å². The minimum Gasteiger partial charge on any atom is -0.308 e. The van der Waals surface area contributed by atoms with Gasteiger partial charge in [-0.25, -0.2) is 0 Å². The molecule has 3 nitrogen and oxygen atoms in total. The molecule has 1 saturated carbocycles. The van der Waals surface area contributed by atoms with Crippen LogP contribution < -0.4 is 4.90 Å². The zero-order valence-electron chi connectivity index (χ0n) is 18.5. The Balaban J connectivity index is 1.87. The first-order chi connectivity index (χ1) is 15.1. The zero-order chi connectivity index (χ0) is 22.1. The van der Waals surface area contributed by atoms with Gasteiger partial charge in [0.1, 0.15) is 0 Å². The third-order valence-corrected chi connectivity index (χ3v) is 7.29. The number of halogens is 2. The summed E-state index contributed by atoms with van der Waals surface area (Å²) in [6.45, 7) is 4.30. The smallest absolute Gasteiger partial charge is 0.228 e. The van der Waals surface area contributed by atoms with Crippen LogP contribution in [0.2, 0.25) is 0 Å². The third-order valence-electron chi connectivity index (χ3n) is 6.36. The Morgan fingerprint density at radius 3 is 2.29 bits per heavy atom. The van der Waals surface area contributed by atoms with Crippen LogP contribution in [0.25, 0.3) is 0 Å². The van der Waals surface area contributed by atoms with Gasteiger partial charge in [0, 0.05) is 34.5 Å². The van der Waals surface area contributed by atoms with E-state index < -0.39 is 0 Å². The minimum absolute atomic E-state index is 0.214. The van der Waals surface area contributed by atoms with Crippen molar-refractivity contribution in [2.75, 3.05) is 23.3 Å². The number of carbonyl (C=O) groups is 1. The maximum atomic E-state index is 13.3. The lowest BCUT2D eigenvalue weighted by Crippen LogP contribution is -2.54. The molecule has 0 aliphatic heterocycles. The van der Waals surface area contributed by atoms with Crippen molar-refractivity contribution < 1.29 is 4.79 Å². The molecule has 2 aromatic rings. The zero-order valence-corrected chi connectivity index (χ0v) is 21.7. The predicted octanol–water partition coefficient (Wildman–Crippen LogP) is 6.83. The van der Waals surface area contributed by atoms with Crippen molar-refractivity contribution in [3.63, 3.8) is 0 Å². The summed E-state index contributed by atoms with van der Waals surface area (Å²) in [7, 11) is 0. The molecule has 0 bridgehead atoms. The molecule has 0 saturated heterocycles. The fraction of sp³-hybridized carbons (Fsp3) is 0.500. The highest BCUT2D eigenvalue weighted by atomic mass is 79.9. The van der Waals surface area contributed by atoms with Gasteiger partial charge in [-0.2, -0.15) is 0 Å². The molecular weight excluding hydrogens is 516 g/mol. The summed E-state index contributed by atoms with van der Waals surface area (Å²) in [4.78, 5) is 18.1. The van der Waals surface area contributed by atoms with Crippen molar-refractivity contribution in [1.29, 1.82) is 0 Å². The van der Waals surface area contributed by atoms with Crippen LogP contribution in [0.4, 0.5) is 5.69 Å². The summed E-state index contributed by atoms with van der Waals surface area (Å²) in [6.07, 6.45) is 7.47. The van der Waals surface area contributed by atoms with Crippen LogP contribution >= 0.6 is 31.9 Å². The highest BCUT2D eigenvalue weighted by Gasteiger charge is 2.35. The summed E-state index contributed by atoms with van der Waals surface area (Å²) in [5.74, 6) is 0.218. The monoisotopic (exact) mass is 548 g/mol. The lowest BCUT2D eigenvalue weighted by molar-refractivity contribution is -0.119. The van der Waals surface area contributed by atoms with Gasteiger partial charge < -0.3 is 4.90 Å². The number of amides is 1. The van der Waals surface area contributed by atoms with Crippen LogP contribution in [0.3, 0.4) is 0 Å². The molecule has 1 amide bonds. The molecule has 0 heterocycles. The molecule has 1 fully saturated rings. The maximum Gasteiger partial charge on any atom is 0.228 e. The molecule has 1 aliphatic carbocycles. The SMILES string of the molecule is CCN(CCc1ccccc1)C1CCCCCC1N(C(=O)CCBr)c1ccc(Br)cc1. The highest BCUT2D eigenvalue weighted by Crippen LogP contribution is 2.31. The molecular formula is C26H34Br2N2O. The lowest BCUT2D eigenvalue weighted by atomic mass is 9.97. The summed E-state index contributed by atoms with van der Waals surface area (Å²) in [5, 5.41) is 0.696. The maximum absolute atomic E-state index is 13.3. The van der Waals surface area contributed by atoms with Gasteiger partial charge in [-0.05, 0) is 55.6 Å². The van der Waals surface area contributed by atoms with Gasteiger partial charge in [-0.1, -0.05) is 88.4 Å². The number of carbonyl (C=O) groups excluding carboxylic acids is 1. The van der Waals surface area contributed by atoms with E-state index in [0.717, 1.165) is 42.5 Å². The van der Waals surface area contributed by atoms with Crippen molar-refractivity contribution in [1.82, 2.24) is 4.90 Å². The number of benzene rings is 2. The molecule has 2 aromatic carbocycles. The molecule has 1 aliphatic rings. The van der Waals surface area contributed by atoms with Gasteiger partial charge >= 0.3 is 0 Å². The van der Waals surface area contributed by atoms with Crippen LogP contribution in [0.5, 0.6) is 0 Å². The number of alkyl halides is 1. The summed E-state index contributed by atoms with van der Waals surface area (Å²) in [6, 6.07) is 19.6. The lowest BCUT2D eigenvalue weighted by Gasteiger charge is -2.42. The summed E-state index contributed by atoms with van der Waals surface area (Å²) >= 11 is 7.03. The van der Waals surface area contributed by atoms with E-state index in [0.29, 0.717) is 17.8 Å². The average Bonchev–Trinajstić information content (AvgIpc) is 3.03. The van der Waals surface area contributed by atoms with Crippen molar-refractivity contribution in [2.45, 2.75) is 64.0 Å². The second kappa shape index (κ2) is 12.8. The predicted molar refractivity (Wildman–Crippen MR) is 138 cm³/mol. The molecule has 0 radical (unpaired) electrons. The number of hydrogen-bond donors (Lipinski definition) is 0. The van der Waals surface area contributed by atoms with Crippen LogP contribution in [0.1, 0.15) is 51.0 Å². The Labute approximate surface area is 204 Å². The molecule has 5 heteroatoms. The molecule has 0 N–H and O–H groups in total. The highest BCUT2D eigenvalue weighted by molar-refractivity contribution is 9.10. The molecule has 2 unspecified atom stereocenters. The standard InChI is InChI=1S/C26H34Br2N2O/c1-2-29(20-18-21-9-5-3-6-10-21)24-11-7-4-8-12-25(24)30(26(31)17-19-27)23-15-13-22(28)14-16-23/h3,5-6,9-10,13-16,24-25H,2,4,7-8,11-12,17-20H2,1H3. The number of nitrogens with zero attached hydrogens (tertiary/aromatic N) is 2. The first-order valence-electron chi connectivity index (χ1n) is 11.6. The quantitative estimate of drug-likeness (QED) is 0.253. The van der Waals surface area contributed by atoms with E-state index in [2.05, 4.69) is 91.0 Å². The minimum atomic E-state index is 0.214. The molecule has 2 atom stereocenters. The Morgan fingerprint density at radius 2 is 1.65 bits per heavy atom. The normalized spacial score (nSPS) is 19.2. The Bertz CT molecular complexity index is 797. The van der Waals surface area contributed by atoms with Crippen molar-refractivity contribution in [3.05, 3.63) is 64.6 Å². The third kappa shape index (κ3) is 6.90. The van der Waals surface area contributed by atoms with Gasteiger partial charge in [0.15, 0.2) is 0 Å². The first kappa shape index (κ1) is 24.5.